The average molecular weight is 429 g/mol. The highest BCUT2D eigenvalue weighted by molar-refractivity contribution is 7.10. The number of rotatable bonds is 5. The Morgan fingerprint density at radius 1 is 1.13 bits per heavy atom. The van der Waals surface area contributed by atoms with Gasteiger partial charge in [0.25, 0.3) is 0 Å². The van der Waals surface area contributed by atoms with Crippen molar-refractivity contribution < 1.29 is 9.90 Å². The second kappa shape index (κ2) is 9.71. The average Bonchev–Trinajstić information content (AvgIpc) is 3.30. The molecule has 2 saturated heterocycles. The summed E-state index contributed by atoms with van der Waals surface area (Å²) >= 11 is 1.78. The first-order chi connectivity index (χ1) is 14.6. The van der Waals surface area contributed by atoms with Gasteiger partial charge < -0.3 is 20.2 Å². The highest BCUT2D eigenvalue weighted by Gasteiger charge is 2.27. The number of piperidine rings is 1. The molecule has 1 aromatic carbocycles. The minimum atomic E-state index is 0.0255. The van der Waals surface area contributed by atoms with Crippen LogP contribution in [-0.4, -0.2) is 66.8 Å². The fraction of sp³-hybridized carbons (Fsp3) is 0.522. The van der Waals surface area contributed by atoms with Crippen LogP contribution in [0.1, 0.15) is 30.7 Å². The van der Waals surface area contributed by atoms with Crippen molar-refractivity contribution >= 4 is 23.1 Å². The van der Waals surface area contributed by atoms with Crippen molar-refractivity contribution in [1.82, 2.24) is 15.1 Å². The van der Waals surface area contributed by atoms with Crippen LogP contribution in [0.25, 0.3) is 0 Å². The Kier molecular flexibility index (Phi) is 6.79. The summed E-state index contributed by atoms with van der Waals surface area (Å²) in [6, 6.07) is 11.9. The number of benzene rings is 1. The number of hydrogen-bond donors (Lipinski definition) is 2. The Bertz CT molecular complexity index is 812. The van der Waals surface area contributed by atoms with Gasteiger partial charge in [-0.2, -0.15) is 0 Å². The van der Waals surface area contributed by atoms with E-state index in [9.17, 15) is 9.90 Å². The van der Waals surface area contributed by atoms with Gasteiger partial charge in [0.05, 0.1) is 6.04 Å². The van der Waals surface area contributed by atoms with Crippen molar-refractivity contribution in [2.24, 2.45) is 5.92 Å². The number of nitrogens with zero attached hydrogens (tertiary/aromatic N) is 3. The number of phenolic OH excluding ortho intramolecular Hbond substituents is 1. The third-order valence-corrected chi connectivity index (χ3v) is 7.31. The number of urea groups is 1. The summed E-state index contributed by atoms with van der Waals surface area (Å²) in [5.74, 6) is 1.07. The predicted molar refractivity (Wildman–Crippen MR) is 122 cm³/mol. The lowest BCUT2D eigenvalue weighted by molar-refractivity contribution is 0.134. The van der Waals surface area contributed by atoms with Gasteiger partial charge in [-0.05, 0) is 55.4 Å². The van der Waals surface area contributed by atoms with E-state index in [4.69, 9.17) is 0 Å². The molecule has 4 rings (SSSR count). The van der Waals surface area contributed by atoms with E-state index in [0.29, 0.717) is 19.6 Å². The van der Waals surface area contributed by atoms with Crippen molar-refractivity contribution in [3.05, 3.63) is 46.7 Å². The molecule has 0 radical (unpaired) electrons. The second-order valence-corrected chi connectivity index (χ2v) is 9.41. The van der Waals surface area contributed by atoms with Crippen LogP contribution < -0.4 is 10.2 Å². The molecule has 2 aliphatic rings. The summed E-state index contributed by atoms with van der Waals surface area (Å²) in [6.45, 7) is 8.10. The van der Waals surface area contributed by atoms with Crippen LogP contribution in [0.3, 0.4) is 0 Å². The van der Waals surface area contributed by atoms with Gasteiger partial charge in [-0.1, -0.05) is 19.1 Å². The maximum Gasteiger partial charge on any atom is 0.317 e. The van der Waals surface area contributed by atoms with Gasteiger partial charge in [-0.3, -0.25) is 4.90 Å². The highest BCUT2D eigenvalue weighted by Crippen LogP contribution is 2.29. The predicted octanol–water partition coefficient (Wildman–Crippen LogP) is 3.76. The smallest absolute Gasteiger partial charge is 0.317 e. The standard InChI is InChI=1S/C23H32N4O2S/c1-18-7-9-26(10-8-18)21(22-6-3-15-30-22)17-24-23(29)27-13-11-25(12-14-27)19-4-2-5-20(28)16-19/h2-6,15-16,18,21,28H,7-14,17H2,1H3,(H,24,29). The third kappa shape index (κ3) is 5.08. The second-order valence-electron chi connectivity index (χ2n) is 8.43. The van der Waals surface area contributed by atoms with E-state index in [0.717, 1.165) is 37.8 Å². The number of phenols is 1. The first kappa shape index (κ1) is 21.0. The summed E-state index contributed by atoms with van der Waals surface area (Å²) in [4.78, 5) is 20.8. The van der Waals surface area contributed by atoms with Gasteiger partial charge in [0, 0.05) is 49.4 Å². The van der Waals surface area contributed by atoms with Crippen LogP contribution in [-0.2, 0) is 0 Å². The third-order valence-electron chi connectivity index (χ3n) is 6.34. The summed E-state index contributed by atoms with van der Waals surface area (Å²) < 4.78 is 0. The van der Waals surface area contributed by atoms with Crippen LogP contribution >= 0.6 is 11.3 Å². The van der Waals surface area contributed by atoms with E-state index in [1.807, 2.05) is 17.0 Å². The van der Waals surface area contributed by atoms with Gasteiger partial charge in [0.1, 0.15) is 5.75 Å². The molecule has 162 valence electrons. The molecule has 30 heavy (non-hydrogen) atoms. The monoisotopic (exact) mass is 428 g/mol. The lowest BCUT2D eigenvalue weighted by atomic mass is 9.97. The number of carbonyl (C=O) groups is 1. The Balaban J connectivity index is 1.31. The van der Waals surface area contributed by atoms with E-state index >= 15 is 0 Å². The van der Waals surface area contributed by atoms with E-state index < -0.39 is 0 Å². The van der Waals surface area contributed by atoms with E-state index in [1.54, 1.807) is 23.5 Å². The Labute approximate surface area is 183 Å². The molecule has 7 heteroatoms. The van der Waals surface area contributed by atoms with Crippen molar-refractivity contribution in [2.75, 3.05) is 50.7 Å². The Morgan fingerprint density at radius 2 is 1.90 bits per heavy atom. The first-order valence-electron chi connectivity index (χ1n) is 10.9. The lowest BCUT2D eigenvalue weighted by Gasteiger charge is -2.38. The van der Waals surface area contributed by atoms with Gasteiger partial charge >= 0.3 is 6.03 Å². The topological polar surface area (TPSA) is 59.1 Å². The maximum atomic E-state index is 12.8. The van der Waals surface area contributed by atoms with Gasteiger partial charge in [-0.25, -0.2) is 4.79 Å². The summed E-state index contributed by atoms with van der Waals surface area (Å²) in [6.07, 6.45) is 2.46. The Morgan fingerprint density at radius 3 is 2.57 bits per heavy atom. The maximum absolute atomic E-state index is 12.8. The quantitative estimate of drug-likeness (QED) is 0.761. The van der Waals surface area contributed by atoms with Crippen molar-refractivity contribution in [3.8, 4) is 5.75 Å². The molecule has 1 aromatic heterocycles. The molecule has 0 spiro atoms. The van der Waals surface area contributed by atoms with E-state index in [1.165, 1.54) is 17.7 Å². The zero-order chi connectivity index (χ0) is 20.9. The molecule has 6 nitrogen and oxygen atoms in total. The molecule has 0 saturated carbocycles. The van der Waals surface area contributed by atoms with Gasteiger partial charge in [-0.15, -0.1) is 11.3 Å². The molecule has 0 bridgehead atoms. The van der Waals surface area contributed by atoms with Crippen LogP contribution in [0.5, 0.6) is 5.75 Å². The number of thiophene rings is 1. The van der Waals surface area contributed by atoms with Crippen LogP contribution in [0.4, 0.5) is 10.5 Å². The number of hydrogen-bond acceptors (Lipinski definition) is 5. The normalized spacial score (nSPS) is 19.6. The zero-order valence-corrected chi connectivity index (χ0v) is 18.5. The SMILES string of the molecule is CC1CCN(C(CNC(=O)N2CCN(c3cccc(O)c3)CC2)c2cccs2)CC1. The number of anilines is 1. The van der Waals surface area contributed by atoms with E-state index in [2.05, 4.69) is 39.6 Å². The fourth-order valence-corrected chi connectivity index (χ4v) is 5.24. The van der Waals surface area contributed by atoms with Gasteiger partial charge in [0.15, 0.2) is 0 Å². The fourth-order valence-electron chi connectivity index (χ4n) is 4.38. The molecular weight excluding hydrogens is 396 g/mol. The van der Waals surface area contributed by atoms with Crippen LogP contribution in [0, 0.1) is 5.92 Å². The largest absolute Gasteiger partial charge is 0.508 e. The number of amides is 2. The highest BCUT2D eigenvalue weighted by atomic mass is 32.1. The number of likely N-dealkylation sites (tertiary alicyclic amines) is 1. The van der Waals surface area contributed by atoms with Crippen molar-refractivity contribution in [1.29, 1.82) is 0 Å². The summed E-state index contributed by atoms with van der Waals surface area (Å²) in [7, 11) is 0. The van der Waals surface area contributed by atoms with Crippen LogP contribution in [0.15, 0.2) is 41.8 Å². The van der Waals surface area contributed by atoms with Crippen LogP contribution in [0.2, 0.25) is 0 Å². The Hall–Kier alpha value is -2.25. The molecular formula is C23H32N4O2S. The molecule has 3 heterocycles. The molecule has 2 aliphatic heterocycles. The number of piperazine rings is 1. The molecule has 2 fully saturated rings. The minimum absolute atomic E-state index is 0.0255. The molecule has 1 unspecified atom stereocenters. The molecule has 2 N–H and O–H groups in total. The summed E-state index contributed by atoms with van der Waals surface area (Å²) in [5, 5.41) is 15.0. The molecule has 1 atom stereocenters. The molecule has 2 amide bonds. The van der Waals surface area contributed by atoms with Crippen molar-refractivity contribution in [3.63, 3.8) is 0 Å². The number of carbonyl (C=O) groups excluding carboxylic acids is 1. The number of nitrogens with one attached hydrogen (secondary N) is 1. The van der Waals surface area contributed by atoms with Gasteiger partial charge in [0.2, 0.25) is 0 Å². The summed E-state index contributed by atoms with van der Waals surface area (Å²) in [5.41, 5.74) is 1.01. The number of aromatic hydroxyl groups is 1. The molecule has 0 aliphatic carbocycles. The lowest BCUT2D eigenvalue weighted by Crippen LogP contribution is -2.53. The minimum Gasteiger partial charge on any atom is -0.508 e. The first-order valence-corrected chi connectivity index (χ1v) is 11.8. The zero-order valence-electron chi connectivity index (χ0n) is 17.7. The van der Waals surface area contributed by atoms with Crippen molar-refractivity contribution in [2.45, 2.75) is 25.8 Å². The van der Waals surface area contributed by atoms with E-state index in [-0.39, 0.29) is 17.8 Å². The molecule has 2 aromatic rings.